The van der Waals surface area contributed by atoms with Gasteiger partial charge in [-0.2, -0.15) is 0 Å². The number of nitrogens with one attached hydrogen (secondary N) is 1. The summed E-state index contributed by atoms with van der Waals surface area (Å²) in [6.07, 6.45) is -0.290. The van der Waals surface area contributed by atoms with E-state index in [1.54, 1.807) is 0 Å². The quantitative estimate of drug-likeness (QED) is 0.857. The van der Waals surface area contributed by atoms with Crippen molar-refractivity contribution in [2.75, 3.05) is 0 Å². The first-order valence-electron chi connectivity index (χ1n) is 6.04. The van der Waals surface area contributed by atoms with Gasteiger partial charge in [-0.1, -0.05) is 18.2 Å². The van der Waals surface area contributed by atoms with Crippen LogP contribution in [-0.4, -0.2) is 21.0 Å². The van der Waals surface area contributed by atoms with Gasteiger partial charge in [0.2, 0.25) is 0 Å². The number of carboxylic acids is 1. The highest BCUT2D eigenvalue weighted by Gasteiger charge is 2.07. The number of carbonyl (C=O) groups is 1. The second-order valence-corrected chi connectivity index (χ2v) is 4.31. The largest absolute Gasteiger partial charge is 0.485 e. The van der Waals surface area contributed by atoms with Crippen LogP contribution in [0.25, 0.3) is 0 Å². The van der Waals surface area contributed by atoms with Crippen LogP contribution in [0.4, 0.5) is 0 Å². The van der Waals surface area contributed by atoms with Crippen molar-refractivity contribution < 1.29 is 14.6 Å². The van der Waals surface area contributed by atoms with E-state index in [9.17, 15) is 9.59 Å². The zero-order valence-corrected chi connectivity index (χ0v) is 10.9. The summed E-state index contributed by atoms with van der Waals surface area (Å²) < 4.78 is 5.56. The van der Waals surface area contributed by atoms with Crippen LogP contribution in [-0.2, 0) is 17.8 Å². The molecule has 1 heterocycles. The maximum atomic E-state index is 11.4. The van der Waals surface area contributed by atoms with Gasteiger partial charge >= 0.3 is 5.97 Å². The molecule has 6 heteroatoms. The van der Waals surface area contributed by atoms with Crippen molar-refractivity contribution in [2.24, 2.45) is 0 Å². The Labute approximate surface area is 115 Å². The van der Waals surface area contributed by atoms with Crippen LogP contribution < -0.4 is 10.3 Å². The Morgan fingerprint density at radius 2 is 2.15 bits per heavy atom. The van der Waals surface area contributed by atoms with E-state index in [4.69, 9.17) is 9.84 Å². The summed E-state index contributed by atoms with van der Waals surface area (Å²) in [4.78, 5) is 28.6. The normalized spacial score (nSPS) is 10.2. The lowest BCUT2D eigenvalue weighted by atomic mass is 10.2. The molecule has 0 fully saturated rings. The SMILES string of the molecule is Cc1ccccc1OCc1nc(CC(=O)O)cc(=O)[nH]1. The number of H-pyrrole nitrogens is 1. The summed E-state index contributed by atoms with van der Waals surface area (Å²) in [6.45, 7) is 1.99. The number of aryl methyl sites for hydroxylation is 1. The van der Waals surface area contributed by atoms with Crippen LogP contribution in [0, 0.1) is 6.92 Å². The summed E-state index contributed by atoms with van der Waals surface area (Å²) in [7, 11) is 0. The molecule has 0 aliphatic rings. The van der Waals surface area contributed by atoms with Crippen LogP contribution in [0.1, 0.15) is 17.1 Å². The molecule has 104 valence electrons. The smallest absolute Gasteiger partial charge is 0.309 e. The molecule has 0 saturated heterocycles. The molecule has 0 aliphatic carbocycles. The molecule has 0 saturated carbocycles. The Morgan fingerprint density at radius 3 is 2.85 bits per heavy atom. The maximum Gasteiger partial charge on any atom is 0.309 e. The van der Waals surface area contributed by atoms with Crippen LogP contribution in [0.15, 0.2) is 35.1 Å². The molecule has 0 radical (unpaired) electrons. The van der Waals surface area contributed by atoms with Crippen molar-refractivity contribution in [2.45, 2.75) is 20.0 Å². The third-order valence-corrected chi connectivity index (χ3v) is 2.63. The Kier molecular flexibility index (Phi) is 4.14. The van der Waals surface area contributed by atoms with Crippen molar-refractivity contribution in [1.82, 2.24) is 9.97 Å². The number of hydrogen-bond acceptors (Lipinski definition) is 4. The zero-order chi connectivity index (χ0) is 14.5. The lowest BCUT2D eigenvalue weighted by Crippen LogP contribution is -2.16. The Hall–Kier alpha value is -2.63. The summed E-state index contributed by atoms with van der Waals surface area (Å²) in [5.74, 6) is -0.0374. The molecule has 0 unspecified atom stereocenters. The number of aliphatic carboxylic acids is 1. The van der Waals surface area contributed by atoms with Gasteiger partial charge in [-0.25, -0.2) is 4.98 Å². The van der Waals surface area contributed by atoms with Crippen LogP contribution in [0.5, 0.6) is 5.75 Å². The summed E-state index contributed by atoms with van der Waals surface area (Å²) >= 11 is 0. The monoisotopic (exact) mass is 274 g/mol. The van der Waals surface area contributed by atoms with E-state index in [1.807, 2.05) is 31.2 Å². The molecule has 6 nitrogen and oxygen atoms in total. The third kappa shape index (κ3) is 3.68. The standard InChI is InChI=1S/C14H14N2O4/c1-9-4-2-3-5-11(9)20-8-12-15-10(7-14(18)19)6-13(17)16-12/h2-6H,7-8H2,1H3,(H,18,19)(H,15,16,17). The van der Waals surface area contributed by atoms with Crippen molar-refractivity contribution in [3.63, 3.8) is 0 Å². The molecule has 0 atom stereocenters. The number of aromatic amines is 1. The van der Waals surface area contributed by atoms with E-state index in [2.05, 4.69) is 9.97 Å². The zero-order valence-electron chi connectivity index (χ0n) is 10.9. The maximum absolute atomic E-state index is 11.4. The minimum Gasteiger partial charge on any atom is -0.485 e. The lowest BCUT2D eigenvalue weighted by Gasteiger charge is -2.08. The highest BCUT2D eigenvalue weighted by Crippen LogP contribution is 2.16. The molecule has 1 aromatic carbocycles. The summed E-state index contributed by atoms with van der Waals surface area (Å²) in [6, 6.07) is 8.64. The highest BCUT2D eigenvalue weighted by molar-refractivity contribution is 5.69. The molecule has 2 aromatic rings. The number of para-hydroxylation sites is 1. The average molecular weight is 274 g/mol. The van der Waals surface area contributed by atoms with Gasteiger partial charge in [0.25, 0.3) is 5.56 Å². The lowest BCUT2D eigenvalue weighted by molar-refractivity contribution is -0.136. The molecule has 0 amide bonds. The van der Waals surface area contributed by atoms with Crippen molar-refractivity contribution >= 4 is 5.97 Å². The van der Waals surface area contributed by atoms with E-state index in [1.165, 1.54) is 6.07 Å². The minimum absolute atomic E-state index is 0.0769. The fourth-order valence-electron chi connectivity index (χ4n) is 1.74. The average Bonchev–Trinajstić information content (AvgIpc) is 2.36. The Balaban J connectivity index is 2.13. The molecule has 0 spiro atoms. The van der Waals surface area contributed by atoms with E-state index >= 15 is 0 Å². The summed E-state index contributed by atoms with van der Waals surface area (Å²) in [5, 5.41) is 8.71. The van der Waals surface area contributed by atoms with Crippen molar-refractivity contribution in [3.8, 4) is 5.75 Å². The Bertz CT molecular complexity index is 679. The van der Waals surface area contributed by atoms with Gasteiger partial charge in [-0.05, 0) is 18.6 Å². The van der Waals surface area contributed by atoms with Gasteiger partial charge in [-0.3, -0.25) is 9.59 Å². The van der Waals surface area contributed by atoms with Gasteiger partial charge in [0.05, 0.1) is 12.1 Å². The fourth-order valence-corrected chi connectivity index (χ4v) is 1.74. The molecule has 0 aliphatic heterocycles. The molecule has 0 bridgehead atoms. The second kappa shape index (κ2) is 6.01. The van der Waals surface area contributed by atoms with Gasteiger partial charge in [0, 0.05) is 6.07 Å². The molecular formula is C14H14N2O4. The van der Waals surface area contributed by atoms with E-state index in [0.29, 0.717) is 11.6 Å². The predicted molar refractivity (Wildman–Crippen MR) is 71.7 cm³/mol. The molecule has 1 aromatic heterocycles. The number of ether oxygens (including phenoxy) is 1. The minimum atomic E-state index is -1.03. The van der Waals surface area contributed by atoms with Crippen LogP contribution in [0.2, 0.25) is 0 Å². The topological polar surface area (TPSA) is 92.3 Å². The number of carboxylic acid groups (broad SMARTS) is 1. The second-order valence-electron chi connectivity index (χ2n) is 4.31. The molecule has 2 N–H and O–H groups in total. The number of benzene rings is 1. The Morgan fingerprint density at radius 1 is 1.40 bits per heavy atom. The molecule has 2 rings (SSSR count). The number of aromatic nitrogens is 2. The van der Waals surface area contributed by atoms with Gasteiger partial charge < -0.3 is 14.8 Å². The summed E-state index contributed by atoms with van der Waals surface area (Å²) in [5.41, 5.74) is 0.792. The predicted octanol–water partition coefficient (Wildman–Crippen LogP) is 1.28. The van der Waals surface area contributed by atoms with Gasteiger partial charge in [0.15, 0.2) is 0 Å². The van der Waals surface area contributed by atoms with Crippen molar-refractivity contribution in [1.29, 1.82) is 0 Å². The molecular weight excluding hydrogens is 260 g/mol. The van der Waals surface area contributed by atoms with E-state index < -0.39 is 5.97 Å². The van der Waals surface area contributed by atoms with Gasteiger partial charge in [0.1, 0.15) is 18.2 Å². The highest BCUT2D eigenvalue weighted by atomic mass is 16.5. The van der Waals surface area contributed by atoms with E-state index in [-0.39, 0.29) is 24.3 Å². The first-order valence-corrected chi connectivity index (χ1v) is 6.04. The first kappa shape index (κ1) is 13.8. The third-order valence-electron chi connectivity index (χ3n) is 2.63. The number of hydrogen-bond donors (Lipinski definition) is 2. The fraction of sp³-hybridized carbons (Fsp3) is 0.214. The van der Waals surface area contributed by atoms with Crippen molar-refractivity contribution in [3.05, 3.63) is 57.8 Å². The number of rotatable bonds is 5. The van der Waals surface area contributed by atoms with E-state index in [0.717, 1.165) is 5.56 Å². The molecule has 20 heavy (non-hydrogen) atoms. The number of nitrogens with zero attached hydrogens (tertiary/aromatic N) is 1. The van der Waals surface area contributed by atoms with Crippen LogP contribution in [0.3, 0.4) is 0 Å². The van der Waals surface area contributed by atoms with Crippen LogP contribution >= 0.6 is 0 Å². The first-order chi connectivity index (χ1) is 9.54. The van der Waals surface area contributed by atoms with Gasteiger partial charge in [-0.15, -0.1) is 0 Å².